The highest BCUT2D eigenvalue weighted by Gasteiger charge is 2.24. The molecule has 5 rings (SSSR count). The summed E-state index contributed by atoms with van der Waals surface area (Å²) in [6.07, 6.45) is 11.4. The molecular weight excluding hydrogens is 447 g/mol. The lowest BCUT2D eigenvalue weighted by atomic mass is 9.98. The number of aromatic amines is 1. The molecule has 0 aliphatic carbocycles. The molecule has 0 bridgehead atoms. The summed E-state index contributed by atoms with van der Waals surface area (Å²) in [5.41, 5.74) is 1.34. The first-order chi connectivity index (χ1) is 16.1. The van der Waals surface area contributed by atoms with Crippen LogP contribution in [-0.4, -0.2) is 59.9 Å². The Labute approximate surface area is 194 Å². The lowest BCUT2D eigenvalue weighted by Crippen LogP contribution is -2.43. The van der Waals surface area contributed by atoms with Crippen LogP contribution in [0.25, 0.3) is 22.4 Å². The molecule has 170 valence electrons. The summed E-state index contributed by atoms with van der Waals surface area (Å²) in [6.45, 7) is 2.12. The number of carbonyl (C=O) groups excluding carboxylic acids is 1. The Morgan fingerprint density at radius 3 is 3.09 bits per heavy atom. The average Bonchev–Trinajstić information content (AvgIpc) is 3.48. The van der Waals surface area contributed by atoms with Crippen molar-refractivity contribution in [3.8, 4) is 11.4 Å². The molecule has 1 atom stereocenters. The first-order valence-corrected chi connectivity index (χ1v) is 11.1. The van der Waals surface area contributed by atoms with E-state index < -0.39 is 5.82 Å². The number of piperidine rings is 1. The Kier molecular flexibility index (Phi) is 5.91. The summed E-state index contributed by atoms with van der Waals surface area (Å²) in [5.74, 6) is 0.221. The number of anilines is 1. The van der Waals surface area contributed by atoms with Crippen molar-refractivity contribution in [2.24, 2.45) is 5.92 Å². The molecule has 1 aliphatic heterocycles. The molecule has 33 heavy (non-hydrogen) atoms. The van der Waals surface area contributed by atoms with Gasteiger partial charge in [-0.15, -0.1) is 0 Å². The van der Waals surface area contributed by atoms with Gasteiger partial charge in [0.25, 0.3) is 0 Å². The number of H-pyrrole nitrogens is 1. The third kappa shape index (κ3) is 4.65. The number of aromatic nitrogens is 6. The van der Waals surface area contributed by atoms with Gasteiger partial charge in [0.1, 0.15) is 12.2 Å². The van der Waals surface area contributed by atoms with Crippen molar-refractivity contribution in [2.45, 2.75) is 19.4 Å². The predicted molar refractivity (Wildman–Crippen MR) is 122 cm³/mol. The van der Waals surface area contributed by atoms with Crippen LogP contribution in [0.15, 0.2) is 43.4 Å². The van der Waals surface area contributed by atoms with Crippen LogP contribution in [0.5, 0.6) is 0 Å². The maximum atomic E-state index is 14.5. The fraction of sp³-hybridized carbons (Fsp3) is 0.318. The van der Waals surface area contributed by atoms with E-state index in [4.69, 9.17) is 11.6 Å². The van der Waals surface area contributed by atoms with E-state index in [1.165, 1.54) is 0 Å². The molecule has 4 aromatic heterocycles. The standard InChI is InChI=1S/C22H22ClFN8O/c23-15-6-16-17(9-28-20(16)27-8-15)21-29-10-18(24)22(30-21)26-7-14-2-1-4-32(11-14)19(33)12-31-5-3-25-13-31/h3,5-6,8-10,13-14H,1-2,4,7,11-12H2,(H,27,28)(H,26,29,30)/t14-/m0/s1. The number of fused-ring (bicyclic) bond motifs is 1. The minimum atomic E-state index is -0.529. The number of amides is 1. The molecule has 0 aromatic carbocycles. The van der Waals surface area contributed by atoms with Crippen LogP contribution in [-0.2, 0) is 11.3 Å². The average molecular weight is 469 g/mol. The van der Waals surface area contributed by atoms with Gasteiger partial charge < -0.3 is 19.8 Å². The summed E-state index contributed by atoms with van der Waals surface area (Å²) in [5, 5.41) is 4.38. The number of halogens is 2. The number of carbonyl (C=O) groups is 1. The minimum absolute atomic E-state index is 0.0554. The Balaban J connectivity index is 1.26. The zero-order valence-corrected chi connectivity index (χ0v) is 18.5. The normalized spacial score (nSPS) is 16.3. The Bertz CT molecular complexity index is 1270. The first-order valence-electron chi connectivity index (χ1n) is 10.7. The van der Waals surface area contributed by atoms with E-state index in [0.717, 1.165) is 31.0 Å². The van der Waals surface area contributed by atoms with Crippen LogP contribution in [0.4, 0.5) is 10.2 Å². The second kappa shape index (κ2) is 9.14. The molecule has 0 unspecified atom stereocenters. The van der Waals surface area contributed by atoms with Crippen LogP contribution in [0.2, 0.25) is 5.02 Å². The second-order valence-electron chi connectivity index (χ2n) is 8.11. The third-order valence-corrected chi connectivity index (χ3v) is 6.00. The van der Waals surface area contributed by atoms with E-state index in [1.54, 1.807) is 41.7 Å². The van der Waals surface area contributed by atoms with Gasteiger partial charge in [0.15, 0.2) is 17.5 Å². The molecular formula is C22H22ClFN8O. The highest BCUT2D eigenvalue weighted by atomic mass is 35.5. The summed E-state index contributed by atoms with van der Waals surface area (Å²) in [4.78, 5) is 34.3. The summed E-state index contributed by atoms with van der Waals surface area (Å²) < 4.78 is 16.2. The van der Waals surface area contributed by atoms with Crippen LogP contribution in [0, 0.1) is 11.7 Å². The number of pyridine rings is 1. The molecule has 5 heterocycles. The van der Waals surface area contributed by atoms with Crippen LogP contribution >= 0.6 is 11.6 Å². The molecule has 11 heteroatoms. The Hall–Kier alpha value is -3.53. The van der Waals surface area contributed by atoms with E-state index >= 15 is 0 Å². The summed E-state index contributed by atoms with van der Waals surface area (Å²) >= 11 is 6.08. The number of nitrogens with zero attached hydrogens (tertiary/aromatic N) is 6. The lowest BCUT2D eigenvalue weighted by Gasteiger charge is -2.33. The molecule has 0 radical (unpaired) electrons. The van der Waals surface area contributed by atoms with Gasteiger partial charge >= 0.3 is 0 Å². The molecule has 1 fully saturated rings. The SMILES string of the molecule is O=C(Cn1ccnc1)N1CCC[C@@H](CNc2nc(-c3c[nH]c4ncc(Cl)cc34)ncc2F)C1. The Morgan fingerprint density at radius 1 is 1.33 bits per heavy atom. The third-order valence-electron chi connectivity index (χ3n) is 5.79. The molecule has 1 aliphatic rings. The van der Waals surface area contributed by atoms with Gasteiger partial charge in [-0.3, -0.25) is 4.79 Å². The van der Waals surface area contributed by atoms with Gasteiger partial charge in [0.05, 0.1) is 17.5 Å². The molecule has 0 saturated carbocycles. The van der Waals surface area contributed by atoms with Crippen molar-refractivity contribution >= 4 is 34.4 Å². The van der Waals surface area contributed by atoms with E-state index in [2.05, 4.69) is 30.2 Å². The largest absolute Gasteiger partial charge is 0.367 e. The van der Waals surface area contributed by atoms with Crippen molar-refractivity contribution in [3.63, 3.8) is 0 Å². The van der Waals surface area contributed by atoms with Gasteiger partial charge in [-0.25, -0.2) is 24.3 Å². The topological polar surface area (TPSA) is 105 Å². The van der Waals surface area contributed by atoms with Gasteiger partial charge in [-0.05, 0) is 24.8 Å². The van der Waals surface area contributed by atoms with Gasteiger partial charge in [-0.2, -0.15) is 0 Å². The fourth-order valence-corrected chi connectivity index (χ4v) is 4.28. The highest BCUT2D eigenvalue weighted by Crippen LogP contribution is 2.28. The quantitative estimate of drug-likeness (QED) is 0.449. The molecule has 9 nitrogen and oxygen atoms in total. The minimum Gasteiger partial charge on any atom is -0.367 e. The zero-order chi connectivity index (χ0) is 22.8. The lowest BCUT2D eigenvalue weighted by molar-refractivity contribution is -0.133. The van der Waals surface area contributed by atoms with Crippen molar-refractivity contribution in [1.82, 2.24) is 34.4 Å². The number of rotatable bonds is 6. The fourth-order valence-electron chi connectivity index (χ4n) is 4.12. The van der Waals surface area contributed by atoms with E-state index in [0.29, 0.717) is 35.1 Å². The Morgan fingerprint density at radius 2 is 2.24 bits per heavy atom. The van der Waals surface area contributed by atoms with E-state index in [-0.39, 0.29) is 24.2 Å². The highest BCUT2D eigenvalue weighted by molar-refractivity contribution is 6.31. The number of likely N-dealkylation sites (tertiary alicyclic amines) is 1. The van der Waals surface area contributed by atoms with Crippen LogP contribution in [0.3, 0.4) is 0 Å². The van der Waals surface area contributed by atoms with Crippen molar-refractivity contribution in [2.75, 3.05) is 25.0 Å². The number of nitrogens with one attached hydrogen (secondary N) is 2. The molecule has 1 saturated heterocycles. The van der Waals surface area contributed by atoms with Crippen LogP contribution < -0.4 is 5.32 Å². The monoisotopic (exact) mass is 468 g/mol. The maximum absolute atomic E-state index is 14.5. The predicted octanol–water partition coefficient (Wildman–Crippen LogP) is 3.36. The zero-order valence-electron chi connectivity index (χ0n) is 17.7. The summed E-state index contributed by atoms with van der Waals surface area (Å²) in [6, 6.07) is 1.77. The second-order valence-corrected chi connectivity index (χ2v) is 8.54. The van der Waals surface area contributed by atoms with Crippen molar-refractivity contribution in [3.05, 3.63) is 54.2 Å². The smallest absolute Gasteiger partial charge is 0.242 e. The number of imidazole rings is 1. The first kappa shape index (κ1) is 21.3. The summed E-state index contributed by atoms with van der Waals surface area (Å²) in [7, 11) is 0. The van der Waals surface area contributed by atoms with Crippen molar-refractivity contribution < 1.29 is 9.18 Å². The van der Waals surface area contributed by atoms with Crippen LogP contribution in [0.1, 0.15) is 12.8 Å². The van der Waals surface area contributed by atoms with Gasteiger partial charge in [-0.1, -0.05) is 11.6 Å². The van der Waals surface area contributed by atoms with Gasteiger partial charge in [0.2, 0.25) is 5.91 Å². The number of hydrogen-bond donors (Lipinski definition) is 2. The molecule has 1 amide bonds. The maximum Gasteiger partial charge on any atom is 0.242 e. The van der Waals surface area contributed by atoms with E-state index in [1.807, 2.05) is 4.90 Å². The number of hydrogen-bond acceptors (Lipinski definition) is 6. The van der Waals surface area contributed by atoms with E-state index in [9.17, 15) is 9.18 Å². The van der Waals surface area contributed by atoms with Gasteiger partial charge in [0, 0.05) is 55.4 Å². The molecule has 4 aromatic rings. The molecule has 2 N–H and O–H groups in total. The molecule has 0 spiro atoms. The van der Waals surface area contributed by atoms with Crippen molar-refractivity contribution in [1.29, 1.82) is 0 Å².